The van der Waals surface area contributed by atoms with Crippen LogP contribution in [0.25, 0.3) is 0 Å². The van der Waals surface area contributed by atoms with Crippen LogP contribution in [0.3, 0.4) is 0 Å². The fraction of sp³-hybridized carbons (Fsp3) is 0.273. The highest BCUT2D eigenvalue weighted by atomic mass is 35.7. The molecular weight excluding hydrogens is 292 g/mol. The van der Waals surface area contributed by atoms with E-state index in [1.54, 1.807) is 19.9 Å². The summed E-state index contributed by atoms with van der Waals surface area (Å²) in [5.41, 5.74) is 0.764. The van der Waals surface area contributed by atoms with Crippen molar-refractivity contribution in [3.8, 4) is 5.75 Å². The lowest BCUT2D eigenvalue weighted by Crippen LogP contribution is -2.01. The van der Waals surface area contributed by atoms with Crippen LogP contribution in [0.5, 0.6) is 5.75 Å². The molecule has 2 aromatic rings. The molecule has 0 fully saturated rings. The average Bonchev–Trinajstić information content (AvgIpc) is 2.72. The van der Waals surface area contributed by atoms with Gasteiger partial charge in [-0.15, -0.1) is 10.2 Å². The summed E-state index contributed by atoms with van der Waals surface area (Å²) in [6, 6.07) is 4.70. The Morgan fingerprint density at radius 1 is 1.32 bits per heavy atom. The zero-order valence-corrected chi connectivity index (χ0v) is 11.8. The van der Waals surface area contributed by atoms with E-state index >= 15 is 0 Å². The van der Waals surface area contributed by atoms with Gasteiger partial charge in [0.05, 0.1) is 0 Å². The molecule has 2 rings (SSSR count). The van der Waals surface area contributed by atoms with Gasteiger partial charge in [-0.25, -0.2) is 8.42 Å². The van der Waals surface area contributed by atoms with Gasteiger partial charge < -0.3 is 9.15 Å². The van der Waals surface area contributed by atoms with Gasteiger partial charge in [-0.05, 0) is 24.6 Å². The molecule has 0 atom stereocenters. The molecule has 0 aliphatic heterocycles. The van der Waals surface area contributed by atoms with Crippen molar-refractivity contribution in [2.45, 2.75) is 25.3 Å². The largest absolute Gasteiger partial charge is 0.482 e. The van der Waals surface area contributed by atoms with E-state index in [4.69, 9.17) is 19.8 Å². The molecule has 0 spiro atoms. The van der Waals surface area contributed by atoms with E-state index in [-0.39, 0.29) is 23.1 Å². The molecule has 19 heavy (non-hydrogen) atoms. The Morgan fingerprint density at radius 2 is 2.05 bits per heavy atom. The number of rotatable bonds is 4. The summed E-state index contributed by atoms with van der Waals surface area (Å²) in [6.45, 7) is 3.39. The topological polar surface area (TPSA) is 82.3 Å². The lowest BCUT2D eigenvalue weighted by Gasteiger charge is -2.08. The predicted molar refractivity (Wildman–Crippen MR) is 67.6 cm³/mol. The average molecular weight is 303 g/mol. The van der Waals surface area contributed by atoms with Crippen LogP contribution in [0.15, 0.2) is 27.5 Å². The van der Waals surface area contributed by atoms with E-state index in [0.717, 1.165) is 5.56 Å². The normalized spacial score (nSPS) is 11.5. The van der Waals surface area contributed by atoms with Crippen LogP contribution in [0, 0.1) is 13.8 Å². The van der Waals surface area contributed by atoms with E-state index in [2.05, 4.69) is 10.2 Å². The number of aryl methyl sites for hydroxylation is 2. The molecule has 0 amide bonds. The van der Waals surface area contributed by atoms with Crippen molar-refractivity contribution < 1.29 is 17.6 Å². The first kappa shape index (κ1) is 13.8. The van der Waals surface area contributed by atoms with Gasteiger partial charge in [0, 0.05) is 17.6 Å². The van der Waals surface area contributed by atoms with Gasteiger partial charge in [-0.1, -0.05) is 6.07 Å². The molecule has 1 aromatic carbocycles. The Bertz CT molecular complexity index is 696. The minimum atomic E-state index is -3.87. The first-order valence-electron chi connectivity index (χ1n) is 5.33. The lowest BCUT2D eigenvalue weighted by molar-refractivity contribution is 0.254. The Balaban J connectivity index is 2.25. The molecule has 0 radical (unpaired) electrons. The van der Waals surface area contributed by atoms with Crippen LogP contribution in [-0.4, -0.2) is 18.6 Å². The molecule has 0 aliphatic rings. The fourth-order valence-electron chi connectivity index (χ4n) is 1.46. The van der Waals surface area contributed by atoms with Crippen molar-refractivity contribution in [2.24, 2.45) is 0 Å². The van der Waals surface area contributed by atoms with Gasteiger partial charge in [0.25, 0.3) is 14.9 Å². The summed E-state index contributed by atoms with van der Waals surface area (Å²) < 4.78 is 33.4. The maximum absolute atomic E-state index is 11.5. The van der Waals surface area contributed by atoms with Crippen LogP contribution in [0.2, 0.25) is 0 Å². The SMILES string of the molecule is Cc1ccc(OCc2nnc(C)o2)c(S(=O)(=O)Cl)c1. The van der Waals surface area contributed by atoms with Crippen molar-refractivity contribution in [3.05, 3.63) is 35.5 Å². The maximum atomic E-state index is 11.5. The first-order valence-corrected chi connectivity index (χ1v) is 7.64. The third-order valence-corrected chi connectivity index (χ3v) is 3.62. The van der Waals surface area contributed by atoms with Gasteiger partial charge in [-0.3, -0.25) is 0 Å². The monoisotopic (exact) mass is 302 g/mol. The Morgan fingerprint density at radius 3 is 2.63 bits per heavy atom. The molecule has 1 aromatic heterocycles. The molecule has 102 valence electrons. The fourth-order valence-corrected chi connectivity index (χ4v) is 2.52. The van der Waals surface area contributed by atoms with E-state index < -0.39 is 9.05 Å². The molecule has 6 nitrogen and oxygen atoms in total. The van der Waals surface area contributed by atoms with E-state index in [0.29, 0.717) is 5.89 Å². The highest BCUT2D eigenvalue weighted by molar-refractivity contribution is 8.13. The van der Waals surface area contributed by atoms with Crippen LogP contribution in [0.1, 0.15) is 17.3 Å². The Kier molecular flexibility index (Phi) is 3.77. The van der Waals surface area contributed by atoms with E-state index in [1.807, 2.05) is 0 Å². The molecule has 0 N–H and O–H groups in total. The number of hydrogen-bond donors (Lipinski definition) is 0. The first-order chi connectivity index (χ1) is 8.86. The molecule has 0 saturated carbocycles. The third-order valence-electron chi connectivity index (χ3n) is 2.28. The van der Waals surface area contributed by atoms with Gasteiger partial charge in [0.1, 0.15) is 10.6 Å². The van der Waals surface area contributed by atoms with Crippen LogP contribution in [-0.2, 0) is 15.7 Å². The van der Waals surface area contributed by atoms with Crippen LogP contribution >= 0.6 is 10.7 Å². The highest BCUT2D eigenvalue weighted by Crippen LogP contribution is 2.28. The maximum Gasteiger partial charge on any atom is 0.264 e. The van der Waals surface area contributed by atoms with Crippen LogP contribution < -0.4 is 4.74 Å². The molecular formula is C11H11ClN2O4S. The van der Waals surface area contributed by atoms with Gasteiger partial charge >= 0.3 is 0 Å². The van der Waals surface area contributed by atoms with Crippen molar-refractivity contribution in [3.63, 3.8) is 0 Å². The van der Waals surface area contributed by atoms with Gasteiger partial charge in [-0.2, -0.15) is 0 Å². The van der Waals surface area contributed by atoms with Gasteiger partial charge in [0.15, 0.2) is 6.61 Å². The third kappa shape index (κ3) is 3.45. The van der Waals surface area contributed by atoms with Gasteiger partial charge in [0.2, 0.25) is 5.89 Å². The standard InChI is InChI=1S/C11H11ClN2O4S/c1-7-3-4-9(10(5-7)19(12,15)16)17-6-11-14-13-8(2)18-11/h3-5H,6H2,1-2H3. The summed E-state index contributed by atoms with van der Waals surface area (Å²) in [7, 11) is 1.49. The number of aromatic nitrogens is 2. The summed E-state index contributed by atoms with van der Waals surface area (Å²) in [5, 5.41) is 7.39. The zero-order chi connectivity index (χ0) is 14.0. The van der Waals surface area contributed by atoms with Crippen molar-refractivity contribution in [1.29, 1.82) is 0 Å². The second kappa shape index (κ2) is 5.18. The highest BCUT2D eigenvalue weighted by Gasteiger charge is 2.17. The van der Waals surface area contributed by atoms with E-state index in [1.165, 1.54) is 12.1 Å². The molecule has 1 heterocycles. The zero-order valence-electron chi connectivity index (χ0n) is 10.3. The second-order valence-electron chi connectivity index (χ2n) is 3.89. The Hall–Kier alpha value is -1.60. The smallest absolute Gasteiger partial charge is 0.264 e. The Labute approximate surface area is 114 Å². The minimum Gasteiger partial charge on any atom is -0.482 e. The lowest BCUT2D eigenvalue weighted by atomic mass is 10.2. The molecule has 8 heteroatoms. The number of benzene rings is 1. The number of nitrogens with zero attached hydrogens (tertiary/aromatic N) is 2. The molecule has 0 aliphatic carbocycles. The summed E-state index contributed by atoms with van der Waals surface area (Å²) in [5.74, 6) is 0.820. The van der Waals surface area contributed by atoms with Crippen molar-refractivity contribution >= 4 is 19.7 Å². The number of ether oxygens (including phenoxy) is 1. The quantitative estimate of drug-likeness (QED) is 0.805. The molecule has 0 saturated heterocycles. The van der Waals surface area contributed by atoms with E-state index in [9.17, 15) is 8.42 Å². The minimum absolute atomic E-state index is 0.0245. The summed E-state index contributed by atoms with van der Waals surface area (Å²) >= 11 is 0. The molecule has 0 unspecified atom stereocenters. The van der Waals surface area contributed by atoms with Crippen molar-refractivity contribution in [2.75, 3.05) is 0 Å². The second-order valence-corrected chi connectivity index (χ2v) is 6.43. The number of halogens is 1. The van der Waals surface area contributed by atoms with Crippen LogP contribution in [0.4, 0.5) is 0 Å². The summed E-state index contributed by atoms with van der Waals surface area (Å²) in [6.07, 6.45) is 0. The molecule has 0 bridgehead atoms. The predicted octanol–water partition coefficient (Wildman–Crippen LogP) is 2.19. The number of hydrogen-bond acceptors (Lipinski definition) is 6. The van der Waals surface area contributed by atoms with Crippen molar-refractivity contribution in [1.82, 2.24) is 10.2 Å². The summed E-state index contributed by atoms with van der Waals surface area (Å²) in [4.78, 5) is -0.0783.